The molecular formula is C19H24N2O4S. The first-order valence-electron chi connectivity index (χ1n) is 8.20. The molecule has 7 heteroatoms. The highest BCUT2D eigenvalue weighted by Gasteiger charge is 2.17. The van der Waals surface area contributed by atoms with E-state index < -0.39 is 10.0 Å². The summed E-state index contributed by atoms with van der Waals surface area (Å²) >= 11 is 0. The number of amides is 1. The van der Waals surface area contributed by atoms with Crippen LogP contribution in [0.2, 0.25) is 0 Å². The molecule has 0 bridgehead atoms. The predicted octanol–water partition coefficient (Wildman–Crippen LogP) is 2.23. The molecular weight excluding hydrogens is 352 g/mol. The molecule has 26 heavy (non-hydrogen) atoms. The summed E-state index contributed by atoms with van der Waals surface area (Å²) in [5.41, 5.74) is 2.57. The van der Waals surface area contributed by atoms with Gasteiger partial charge in [-0.15, -0.1) is 0 Å². The van der Waals surface area contributed by atoms with Crippen molar-refractivity contribution < 1.29 is 17.9 Å². The molecule has 0 radical (unpaired) electrons. The first-order valence-corrected chi connectivity index (χ1v) is 9.64. The lowest BCUT2D eigenvalue weighted by Gasteiger charge is -2.12. The first-order chi connectivity index (χ1) is 12.3. The molecule has 0 saturated carbocycles. The molecule has 0 atom stereocenters. The molecule has 0 heterocycles. The topological polar surface area (TPSA) is 75.7 Å². The Morgan fingerprint density at radius 2 is 1.77 bits per heavy atom. The lowest BCUT2D eigenvalue weighted by molar-refractivity contribution is 0.0954. The van der Waals surface area contributed by atoms with Gasteiger partial charge < -0.3 is 10.1 Å². The molecule has 2 aromatic rings. The maximum Gasteiger partial charge on any atom is 0.251 e. The van der Waals surface area contributed by atoms with E-state index in [-0.39, 0.29) is 10.8 Å². The summed E-state index contributed by atoms with van der Waals surface area (Å²) < 4.78 is 30.6. The summed E-state index contributed by atoms with van der Waals surface area (Å²) in [5, 5.41) is 2.84. The van der Waals surface area contributed by atoms with Crippen molar-refractivity contribution in [3.63, 3.8) is 0 Å². The van der Waals surface area contributed by atoms with Gasteiger partial charge in [-0.1, -0.05) is 17.7 Å². The Morgan fingerprint density at radius 3 is 2.35 bits per heavy atom. The van der Waals surface area contributed by atoms with Crippen LogP contribution in [0.1, 0.15) is 21.5 Å². The van der Waals surface area contributed by atoms with Crippen LogP contribution in [0.4, 0.5) is 0 Å². The Bertz CT molecular complexity index is 875. The van der Waals surface area contributed by atoms with Crippen molar-refractivity contribution in [2.45, 2.75) is 18.2 Å². The van der Waals surface area contributed by atoms with Crippen molar-refractivity contribution in [2.24, 2.45) is 0 Å². The molecule has 140 valence electrons. The highest BCUT2D eigenvalue weighted by Crippen LogP contribution is 2.20. The lowest BCUT2D eigenvalue weighted by Crippen LogP contribution is -2.26. The largest absolute Gasteiger partial charge is 0.496 e. The zero-order chi connectivity index (χ0) is 19.3. The zero-order valence-corrected chi connectivity index (χ0v) is 16.3. The van der Waals surface area contributed by atoms with Crippen LogP contribution in [0, 0.1) is 6.92 Å². The quantitative estimate of drug-likeness (QED) is 0.804. The number of carbonyl (C=O) groups is 1. The fourth-order valence-corrected chi connectivity index (χ4v) is 3.41. The molecule has 2 rings (SSSR count). The second kappa shape index (κ2) is 8.33. The standard InChI is InChI=1S/C19H24N2O4S/c1-14-5-10-18(25-4)16(13-14)11-12-20-19(22)15-6-8-17(9-7-15)26(23,24)21(2)3/h5-10,13H,11-12H2,1-4H3,(H,20,22). The van der Waals surface area contributed by atoms with E-state index in [4.69, 9.17) is 4.74 Å². The molecule has 1 amide bonds. The second-order valence-electron chi connectivity index (χ2n) is 6.13. The van der Waals surface area contributed by atoms with Gasteiger partial charge in [0.15, 0.2) is 0 Å². The number of sulfonamides is 1. The van der Waals surface area contributed by atoms with Crippen molar-refractivity contribution in [1.82, 2.24) is 9.62 Å². The normalized spacial score (nSPS) is 11.4. The summed E-state index contributed by atoms with van der Waals surface area (Å²) in [6.07, 6.45) is 0.643. The number of carbonyl (C=O) groups excluding carboxylic acids is 1. The maximum atomic E-state index is 12.2. The molecule has 0 spiro atoms. The van der Waals surface area contributed by atoms with Crippen molar-refractivity contribution in [2.75, 3.05) is 27.7 Å². The Labute approximate surface area is 154 Å². The van der Waals surface area contributed by atoms with E-state index in [9.17, 15) is 13.2 Å². The molecule has 0 fully saturated rings. The van der Waals surface area contributed by atoms with Crippen LogP contribution in [-0.4, -0.2) is 46.4 Å². The average Bonchev–Trinajstić information content (AvgIpc) is 2.61. The molecule has 1 N–H and O–H groups in total. The first kappa shape index (κ1) is 19.9. The van der Waals surface area contributed by atoms with Gasteiger partial charge >= 0.3 is 0 Å². The van der Waals surface area contributed by atoms with Gasteiger partial charge in [0.25, 0.3) is 5.91 Å². The van der Waals surface area contributed by atoms with Crippen LogP contribution in [0.15, 0.2) is 47.4 Å². The van der Waals surface area contributed by atoms with Gasteiger partial charge in [-0.3, -0.25) is 4.79 Å². The van der Waals surface area contributed by atoms with Crippen LogP contribution in [0.5, 0.6) is 5.75 Å². The third-order valence-corrected chi connectivity index (χ3v) is 5.84. The van der Waals surface area contributed by atoms with E-state index in [1.165, 1.54) is 38.4 Å². The van der Waals surface area contributed by atoms with Gasteiger partial charge in [0.05, 0.1) is 12.0 Å². The number of methoxy groups -OCH3 is 1. The molecule has 0 aromatic heterocycles. The summed E-state index contributed by atoms with van der Waals surface area (Å²) in [4.78, 5) is 12.4. The van der Waals surface area contributed by atoms with Crippen molar-refractivity contribution in [1.29, 1.82) is 0 Å². The molecule has 0 aliphatic heterocycles. The van der Waals surface area contributed by atoms with Crippen LogP contribution in [-0.2, 0) is 16.4 Å². The maximum absolute atomic E-state index is 12.2. The Hall–Kier alpha value is -2.38. The highest BCUT2D eigenvalue weighted by atomic mass is 32.2. The van der Waals surface area contributed by atoms with Gasteiger partial charge in [-0.05, 0) is 49.2 Å². The van der Waals surface area contributed by atoms with Gasteiger partial charge in [0.1, 0.15) is 5.75 Å². The third-order valence-electron chi connectivity index (χ3n) is 4.01. The average molecular weight is 376 g/mol. The van der Waals surface area contributed by atoms with E-state index in [2.05, 4.69) is 5.32 Å². The Morgan fingerprint density at radius 1 is 1.12 bits per heavy atom. The van der Waals surface area contributed by atoms with Crippen LogP contribution >= 0.6 is 0 Å². The van der Waals surface area contributed by atoms with Crippen LogP contribution in [0.25, 0.3) is 0 Å². The van der Waals surface area contributed by atoms with Crippen molar-refractivity contribution in [3.8, 4) is 5.75 Å². The Balaban J connectivity index is 2.00. The summed E-state index contributed by atoms with van der Waals surface area (Å²) in [7, 11) is 1.06. The third kappa shape index (κ3) is 4.62. The summed E-state index contributed by atoms with van der Waals surface area (Å²) in [6, 6.07) is 11.8. The minimum absolute atomic E-state index is 0.156. The van der Waals surface area contributed by atoms with E-state index in [0.717, 1.165) is 21.2 Å². The molecule has 0 unspecified atom stereocenters. The number of aryl methyl sites for hydroxylation is 1. The monoisotopic (exact) mass is 376 g/mol. The van der Waals surface area contributed by atoms with Crippen molar-refractivity contribution >= 4 is 15.9 Å². The Kier molecular flexibility index (Phi) is 6.39. The van der Waals surface area contributed by atoms with E-state index in [1.54, 1.807) is 7.11 Å². The van der Waals surface area contributed by atoms with E-state index >= 15 is 0 Å². The minimum Gasteiger partial charge on any atom is -0.496 e. The fourth-order valence-electron chi connectivity index (χ4n) is 2.50. The highest BCUT2D eigenvalue weighted by molar-refractivity contribution is 7.89. The van der Waals surface area contributed by atoms with E-state index in [0.29, 0.717) is 18.5 Å². The zero-order valence-electron chi connectivity index (χ0n) is 15.4. The number of rotatable bonds is 7. The van der Waals surface area contributed by atoms with E-state index in [1.807, 2.05) is 25.1 Å². The molecule has 2 aromatic carbocycles. The van der Waals surface area contributed by atoms with Crippen LogP contribution < -0.4 is 10.1 Å². The number of hydrogen-bond acceptors (Lipinski definition) is 4. The molecule has 6 nitrogen and oxygen atoms in total. The predicted molar refractivity (Wildman–Crippen MR) is 101 cm³/mol. The fraction of sp³-hybridized carbons (Fsp3) is 0.316. The summed E-state index contributed by atoms with van der Waals surface area (Å²) in [5.74, 6) is 0.550. The minimum atomic E-state index is -3.50. The number of nitrogens with one attached hydrogen (secondary N) is 1. The SMILES string of the molecule is COc1ccc(C)cc1CCNC(=O)c1ccc(S(=O)(=O)N(C)C)cc1. The second-order valence-corrected chi connectivity index (χ2v) is 8.28. The van der Waals surface area contributed by atoms with Gasteiger partial charge in [0.2, 0.25) is 10.0 Å². The lowest BCUT2D eigenvalue weighted by atomic mass is 10.1. The van der Waals surface area contributed by atoms with Crippen molar-refractivity contribution in [3.05, 3.63) is 59.2 Å². The smallest absolute Gasteiger partial charge is 0.251 e. The number of nitrogens with zero attached hydrogens (tertiary/aromatic N) is 1. The number of hydrogen-bond donors (Lipinski definition) is 1. The molecule has 0 saturated heterocycles. The van der Waals surface area contributed by atoms with Gasteiger partial charge in [-0.2, -0.15) is 0 Å². The van der Waals surface area contributed by atoms with Crippen LogP contribution in [0.3, 0.4) is 0 Å². The number of ether oxygens (including phenoxy) is 1. The van der Waals surface area contributed by atoms with Gasteiger partial charge in [0, 0.05) is 26.2 Å². The molecule has 0 aliphatic carbocycles. The molecule has 0 aliphatic rings. The van der Waals surface area contributed by atoms with Gasteiger partial charge in [-0.25, -0.2) is 12.7 Å². The number of benzene rings is 2. The summed E-state index contributed by atoms with van der Waals surface area (Å²) in [6.45, 7) is 2.46.